The molecule has 0 heterocycles. The molecule has 0 amide bonds. The second kappa shape index (κ2) is 7.40. The zero-order valence-corrected chi connectivity index (χ0v) is 11.7. The molecule has 19 heavy (non-hydrogen) atoms. The molecule has 0 fully saturated rings. The van der Waals surface area contributed by atoms with Crippen molar-refractivity contribution in [3.8, 4) is 5.75 Å². The van der Waals surface area contributed by atoms with Crippen molar-refractivity contribution in [1.82, 2.24) is 0 Å². The van der Waals surface area contributed by atoms with Gasteiger partial charge < -0.3 is 14.6 Å². The van der Waals surface area contributed by atoms with E-state index in [0.29, 0.717) is 4.47 Å². The molecule has 4 nitrogen and oxygen atoms in total. The molecule has 0 radical (unpaired) electrons. The Bertz CT molecular complexity index is 454. The third-order valence-corrected chi connectivity index (χ3v) is 2.70. The van der Waals surface area contributed by atoms with Crippen molar-refractivity contribution in [2.45, 2.75) is 19.4 Å². The number of carboxylic acids is 1. The zero-order chi connectivity index (χ0) is 14.4. The molecule has 0 saturated heterocycles. The summed E-state index contributed by atoms with van der Waals surface area (Å²) in [6.07, 6.45) is -0.985. The van der Waals surface area contributed by atoms with E-state index in [1.54, 1.807) is 6.92 Å². The van der Waals surface area contributed by atoms with E-state index >= 15 is 0 Å². The maximum absolute atomic E-state index is 13.3. The first-order valence-corrected chi connectivity index (χ1v) is 6.36. The van der Waals surface area contributed by atoms with Crippen LogP contribution in [0.3, 0.4) is 0 Å². The number of ether oxygens (including phenoxy) is 2. The number of rotatable bonds is 7. The van der Waals surface area contributed by atoms with Gasteiger partial charge in [-0.05, 0) is 19.1 Å². The Morgan fingerprint density at radius 2 is 2.16 bits per heavy atom. The Balaban J connectivity index is 2.60. The summed E-state index contributed by atoms with van der Waals surface area (Å²) in [7, 11) is 0. The van der Waals surface area contributed by atoms with Crippen LogP contribution in [-0.4, -0.2) is 30.4 Å². The molecule has 7 heteroatoms. The fraction of sp³-hybridized carbons (Fsp3) is 0.417. The monoisotopic (exact) mass is 338 g/mol. The van der Waals surface area contributed by atoms with Gasteiger partial charge in [-0.15, -0.1) is 0 Å². The molecule has 0 aromatic heterocycles. The lowest BCUT2D eigenvalue weighted by atomic mass is 10.2. The molecule has 1 unspecified atom stereocenters. The van der Waals surface area contributed by atoms with Crippen LogP contribution in [0.25, 0.3) is 0 Å². The van der Waals surface area contributed by atoms with E-state index in [1.807, 2.05) is 0 Å². The first-order chi connectivity index (χ1) is 8.95. The largest absolute Gasteiger partial charge is 0.490 e. The maximum Gasteiger partial charge on any atom is 0.332 e. The fourth-order valence-electron chi connectivity index (χ4n) is 1.39. The molecule has 1 N–H and O–H groups in total. The number of halogens is 3. The number of hydrogen-bond acceptors (Lipinski definition) is 3. The Hall–Kier alpha value is -1.21. The lowest BCUT2D eigenvalue weighted by Gasteiger charge is -2.13. The van der Waals surface area contributed by atoms with Gasteiger partial charge in [-0.3, -0.25) is 0 Å². The first-order valence-electron chi connectivity index (χ1n) is 5.57. The summed E-state index contributed by atoms with van der Waals surface area (Å²) < 4.78 is 36.7. The third-order valence-electron chi connectivity index (χ3n) is 2.24. The Kier molecular flexibility index (Phi) is 6.17. The van der Waals surface area contributed by atoms with Crippen LogP contribution in [0.5, 0.6) is 5.75 Å². The first kappa shape index (κ1) is 15.8. The van der Waals surface area contributed by atoms with Gasteiger partial charge in [0.15, 0.2) is 17.7 Å². The van der Waals surface area contributed by atoms with Gasteiger partial charge in [0, 0.05) is 17.5 Å². The molecule has 1 rings (SSSR count). The fourth-order valence-corrected chi connectivity index (χ4v) is 1.80. The van der Waals surface area contributed by atoms with E-state index in [0.717, 1.165) is 6.07 Å². The summed E-state index contributed by atoms with van der Waals surface area (Å²) in [5.74, 6) is -3.53. The van der Waals surface area contributed by atoms with E-state index < -0.39 is 23.7 Å². The summed E-state index contributed by atoms with van der Waals surface area (Å²) in [5, 5.41) is 8.82. The van der Waals surface area contributed by atoms with Gasteiger partial charge >= 0.3 is 5.97 Å². The molecular formula is C12H13BrF2O4. The highest BCUT2D eigenvalue weighted by Gasteiger charge is 2.18. The van der Waals surface area contributed by atoms with Crippen molar-refractivity contribution in [3.63, 3.8) is 0 Å². The van der Waals surface area contributed by atoms with E-state index in [4.69, 9.17) is 14.6 Å². The van der Waals surface area contributed by atoms with Crippen molar-refractivity contribution >= 4 is 21.9 Å². The van der Waals surface area contributed by atoms with Gasteiger partial charge in [-0.25, -0.2) is 9.18 Å². The molecule has 0 bridgehead atoms. The van der Waals surface area contributed by atoms with Crippen LogP contribution in [0.15, 0.2) is 16.6 Å². The quantitative estimate of drug-likeness (QED) is 0.776. The minimum absolute atomic E-state index is 0.0384. The van der Waals surface area contributed by atoms with E-state index in [1.165, 1.54) is 6.07 Å². The average molecular weight is 339 g/mol. The average Bonchev–Trinajstić information content (AvgIpc) is 2.33. The molecule has 1 aromatic carbocycles. The summed E-state index contributed by atoms with van der Waals surface area (Å²) in [4.78, 5) is 10.8. The smallest absolute Gasteiger partial charge is 0.332 e. The summed E-state index contributed by atoms with van der Waals surface area (Å²) in [5.41, 5.74) is 0. The van der Waals surface area contributed by atoms with Gasteiger partial charge in [0.2, 0.25) is 5.82 Å². The summed E-state index contributed by atoms with van der Waals surface area (Å²) in [6, 6.07) is 2.25. The van der Waals surface area contributed by atoms with Crippen LogP contribution in [0, 0.1) is 11.6 Å². The number of hydrogen-bond donors (Lipinski definition) is 1. The van der Waals surface area contributed by atoms with Gasteiger partial charge in [-0.1, -0.05) is 15.9 Å². The molecule has 0 aliphatic rings. The Labute approximate surface area is 117 Å². The van der Waals surface area contributed by atoms with Crippen molar-refractivity contribution in [2.24, 2.45) is 0 Å². The molecule has 106 valence electrons. The number of carboxylic acid groups (broad SMARTS) is 1. The molecule has 0 saturated carbocycles. The molecule has 0 spiro atoms. The van der Waals surface area contributed by atoms with Crippen molar-refractivity contribution in [2.75, 3.05) is 13.2 Å². The highest BCUT2D eigenvalue weighted by atomic mass is 79.9. The van der Waals surface area contributed by atoms with Crippen molar-refractivity contribution in [1.29, 1.82) is 0 Å². The Morgan fingerprint density at radius 3 is 2.74 bits per heavy atom. The number of carbonyl (C=O) groups is 1. The number of aliphatic carboxylic acids is 1. The summed E-state index contributed by atoms with van der Waals surface area (Å²) in [6.45, 7) is 1.82. The minimum atomic E-state index is -1.12. The zero-order valence-electron chi connectivity index (χ0n) is 10.2. The van der Waals surface area contributed by atoms with Crippen LogP contribution >= 0.6 is 15.9 Å². The summed E-state index contributed by atoms with van der Waals surface area (Å²) >= 11 is 3.01. The van der Waals surface area contributed by atoms with E-state index in [-0.39, 0.29) is 25.4 Å². The number of benzene rings is 1. The van der Waals surface area contributed by atoms with Gasteiger partial charge in [-0.2, -0.15) is 4.39 Å². The third kappa shape index (κ3) is 4.76. The normalized spacial score (nSPS) is 12.2. The highest BCUT2D eigenvalue weighted by Crippen LogP contribution is 2.25. The van der Waals surface area contributed by atoms with Gasteiger partial charge in [0.1, 0.15) is 0 Å². The van der Waals surface area contributed by atoms with Gasteiger partial charge in [0.25, 0.3) is 0 Å². The molecule has 0 aliphatic heterocycles. The van der Waals surface area contributed by atoms with Crippen LogP contribution in [0.1, 0.15) is 13.3 Å². The highest BCUT2D eigenvalue weighted by molar-refractivity contribution is 9.10. The topological polar surface area (TPSA) is 55.8 Å². The molecule has 1 atom stereocenters. The molecule has 0 aliphatic carbocycles. The minimum Gasteiger partial charge on any atom is -0.490 e. The lowest BCUT2D eigenvalue weighted by molar-refractivity contribution is -0.150. The maximum atomic E-state index is 13.3. The van der Waals surface area contributed by atoms with E-state index in [2.05, 4.69) is 15.9 Å². The molecular weight excluding hydrogens is 326 g/mol. The standard InChI is InChI=1S/C12H13BrF2O4/c1-2-18-9(12(16)17)3-4-19-10-6-7(13)5-8(14)11(10)15/h5-6,9H,2-4H2,1H3,(H,16,17). The molecule has 1 aromatic rings. The predicted molar refractivity (Wildman–Crippen MR) is 67.2 cm³/mol. The van der Waals surface area contributed by atoms with Crippen molar-refractivity contribution < 1.29 is 28.2 Å². The lowest BCUT2D eigenvalue weighted by Crippen LogP contribution is -2.26. The SMILES string of the molecule is CCOC(CCOc1cc(Br)cc(F)c1F)C(=O)O. The predicted octanol–water partition coefficient (Wildman–Crippen LogP) is 2.99. The van der Waals surface area contributed by atoms with Crippen LogP contribution < -0.4 is 4.74 Å². The second-order valence-electron chi connectivity index (χ2n) is 3.62. The van der Waals surface area contributed by atoms with E-state index in [9.17, 15) is 13.6 Å². The Morgan fingerprint density at radius 1 is 1.47 bits per heavy atom. The van der Waals surface area contributed by atoms with Crippen LogP contribution in [0.2, 0.25) is 0 Å². The van der Waals surface area contributed by atoms with Gasteiger partial charge in [0.05, 0.1) is 6.61 Å². The van der Waals surface area contributed by atoms with Crippen molar-refractivity contribution in [3.05, 3.63) is 28.2 Å². The van der Waals surface area contributed by atoms with Crippen LogP contribution in [-0.2, 0) is 9.53 Å². The second-order valence-corrected chi connectivity index (χ2v) is 4.53. The van der Waals surface area contributed by atoms with Crippen LogP contribution in [0.4, 0.5) is 8.78 Å².